The monoisotopic (exact) mass is 347 g/mol. The quantitative estimate of drug-likeness (QED) is 0.705. The van der Waals surface area contributed by atoms with Crippen LogP contribution in [0, 0.1) is 0 Å². The van der Waals surface area contributed by atoms with Gasteiger partial charge in [-0.25, -0.2) is 0 Å². The second kappa shape index (κ2) is 9.08. The van der Waals surface area contributed by atoms with Crippen LogP contribution in [0.2, 0.25) is 0 Å². The first kappa shape index (κ1) is 18.8. The summed E-state index contributed by atoms with van der Waals surface area (Å²) in [5, 5.41) is 7.42. The first-order valence-corrected chi connectivity index (χ1v) is 8.22. The van der Waals surface area contributed by atoms with E-state index in [1.165, 1.54) is 0 Å². The average Bonchev–Trinajstić information content (AvgIpc) is 3.05. The van der Waals surface area contributed by atoms with Gasteiger partial charge >= 0.3 is 0 Å². The van der Waals surface area contributed by atoms with E-state index in [0.717, 1.165) is 12.0 Å². The van der Waals surface area contributed by atoms with Crippen LogP contribution in [0.1, 0.15) is 23.8 Å². The molecule has 0 unspecified atom stereocenters. The van der Waals surface area contributed by atoms with E-state index in [9.17, 15) is 4.79 Å². The summed E-state index contributed by atoms with van der Waals surface area (Å²) in [6.07, 6.45) is 0.874. The molecule has 136 valence electrons. The van der Waals surface area contributed by atoms with Gasteiger partial charge in [-0.05, 0) is 24.6 Å². The van der Waals surface area contributed by atoms with Crippen molar-refractivity contribution >= 4 is 5.91 Å². The van der Waals surface area contributed by atoms with E-state index in [-0.39, 0.29) is 5.91 Å². The van der Waals surface area contributed by atoms with Crippen LogP contribution in [-0.2, 0) is 11.3 Å². The molecular formula is C18H25N3O4. The lowest BCUT2D eigenvalue weighted by molar-refractivity contribution is 0.0926. The molecule has 1 aromatic carbocycles. The zero-order valence-electron chi connectivity index (χ0n) is 15.2. The molecule has 0 spiro atoms. The van der Waals surface area contributed by atoms with Crippen molar-refractivity contribution in [2.45, 2.75) is 19.9 Å². The molecule has 0 saturated carbocycles. The Morgan fingerprint density at radius 1 is 1.20 bits per heavy atom. The van der Waals surface area contributed by atoms with Gasteiger partial charge in [-0.2, -0.15) is 5.10 Å². The molecule has 25 heavy (non-hydrogen) atoms. The SMILES string of the molecule is CCCn1nc(-c2ccc(OC)cc2OC)cc1C(=O)NCCOC. The summed E-state index contributed by atoms with van der Waals surface area (Å²) in [4.78, 5) is 12.4. The third kappa shape index (κ3) is 4.51. The van der Waals surface area contributed by atoms with Crippen LogP contribution in [0.25, 0.3) is 11.3 Å². The molecule has 1 amide bonds. The summed E-state index contributed by atoms with van der Waals surface area (Å²) < 4.78 is 17.4. The fraction of sp³-hybridized carbons (Fsp3) is 0.444. The summed E-state index contributed by atoms with van der Waals surface area (Å²) in [7, 11) is 4.80. The van der Waals surface area contributed by atoms with Gasteiger partial charge in [-0.1, -0.05) is 6.92 Å². The van der Waals surface area contributed by atoms with Gasteiger partial charge in [0.05, 0.1) is 26.5 Å². The van der Waals surface area contributed by atoms with Crippen LogP contribution in [-0.4, -0.2) is 50.2 Å². The van der Waals surface area contributed by atoms with Crippen molar-refractivity contribution in [2.24, 2.45) is 0 Å². The number of amides is 1. The van der Waals surface area contributed by atoms with Crippen LogP contribution in [0.3, 0.4) is 0 Å². The van der Waals surface area contributed by atoms with E-state index in [2.05, 4.69) is 10.4 Å². The van der Waals surface area contributed by atoms with Crippen LogP contribution in [0.5, 0.6) is 11.5 Å². The number of ether oxygens (including phenoxy) is 3. The number of nitrogens with zero attached hydrogens (tertiary/aromatic N) is 2. The van der Waals surface area contributed by atoms with Crippen LogP contribution < -0.4 is 14.8 Å². The Kier molecular flexibility index (Phi) is 6.82. The highest BCUT2D eigenvalue weighted by molar-refractivity contribution is 5.94. The fourth-order valence-electron chi connectivity index (χ4n) is 2.48. The van der Waals surface area contributed by atoms with E-state index in [0.29, 0.717) is 42.6 Å². The molecule has 1 aromatic heterocycles. The van der Waals surface area contributed by atoms with Crippen molar-refractivity contribution in [3.05, 3.63) is 30.0 Å². The highest BCUT2D eigenvalue weighted by Crippen LogP contribution is 2.33. The van der Waals surface area contributed by atoms with Gasteiger partial charge in [-0.15, -0.1) is 0 Å². The minimum absolute atomic E-state index is 0.170. The minimum Gasteiger partial charge on any atom is -0.497 e. The Balaban J connectivity index is 2.36. The zero-order chi connectivity index (χ0) is 18.2. The van der Waals surface area contributed by atoms with Crippen LogP contribution in [0.15, 0.2) is 24.3 Å². The van der Waals surface area contributed by atoms with Crippen molar-refractivity contribution in [3.8, 4) is 22.8 Å². The Labute approximate surface area is 147 Å². The molecule has 2 aromatic rings. The van der Waals surface area contributed by atoms with Crippen molar-refractivity contribution in [2.75, 3.05) is 34.5 Å². The molecule has 0 fully saturated rings. The van der Waals surface area contributed by atoms with E-state index < -0.39 is 0 Å². The first-order chi connectivity index (χ1) is 12.1. The molecule has 0 aliphatic rings. The van der Waals surface area contributed by atoms with Gasteiger partial charge in [-0.3, -0.25) is 9.48 Å². The smallest absolute Gasteiger partial charge is 0.269 e. The van der Waals surface area contributed by atoms with Gasteiger partial charge in [0, 0.05) is 31.8 Å². The lowest BCUT2D eigenvalue weighted by Gasteiger charge is -2.08. The van der Waals surface area contributed by atoms with E-state index in [1.54, 1.807) is 38.1 Å². The van der Waals surface area contributed by atoms with E-state index >= 15 is 0 Å². The minimum atomic E-state index is -0.170. The summed E-state index contributed by atoms with van der Waals surface area (Å²) in [5.41, 5.74) is 2.01. The Hall–Kier alpha value is -2.54. The van der Waals surface area contributed by atoms with Crippen molar-refractivity contribution in [1.29, 1.82) is 0 Å². The predicted molar refractivity (Wildman–Crippen MR) is 95.3 cm³/mol. The summed E-state index contributed by atoms with van der Waals surface area (Å²) in [5.74, 6) is 1.18. The first-order valence-electron chi connectivity index (χ1n) is 8.22. The van der Waals surface area contributed by atoms with Crippen LogP contribution >= 0.6 is 0 Å². The molecular weight excluding hydrogens is 322 g/mol. The van der Waals surface area contributed by atoms with Gasteiger partial charge in [0.2, 0.25) is 0 Å². The third-order valence-electron chi connectivity index (χ3n) is 3.72. The largest absolute Gasteiger partial charge is 0.497 e. The molecule has 0 radical (unpaired) electrons. The molecule has 2 rings (SSSR count). The molecule has 0 aliphatic heterocycles. The maximum atomic E-state index is 12.4. The molecule has 7 nitrogen and oxygen atoms in total. The highest BCUT2D eigenvalue weighted by Gasteiger charge is 2.18. The van der Waals surface area contributed by atoms with E-state index in [4.69, 9.17) is 14.2 Å². The molecule has 0 saturated heterocycles. The fourth-order valence-corrected chi connectivity index (χ4v) is 2.48. The van der Waals surface area contributed by atoms with Crippen molar-refractivity contribution in [1.82, 2.24) is 15.1 Å². The molecule has 0 bridgehead atoms. The molecule has 7 heteroatoms. The number of carbonyl (C=O) groups excluding carboxylic acids is 1. The Morgan fingerprint density at radius 3 is 2.64 bits per heavy atom. The molecule has 1 N–H and O–H groups in total. The number of hydrogen-bond donors (Lipinski definition) is 1. The zero-order valence-corrected chi connectivity index (χ0v) is 15.2. The molecule has 1 heterocycles. The topological polar surface area (TPSA) is 74.6 Å². The highest BCUT2D eigenvalue weighted by atomic mass is 16.5. The lowest BCUT2D eigenvalue weighted by Crippen LogP contribution is -2.29. The number of aryl methyl sites for hydroxylation is 1. The van der Waals surface area contributed by atoms with Gasteiger partial charge in [0.25, 0.3) is 5.91 Å². The maximum Gasteiger partial charge on any atom is 0.269 e. The molecule has 0 atom stereocenters. The summed E-state index contributed by atoms with van der Waals surface area (Å²) in [6, 6.07) is 7.30. The van der Waals surface area contributed by atoms with Gasteiger partial charge in [0.15, 0.2) is 0 Å². The Bertz CT molecular complexity index is 712. The second-order valence-corrected chi connectivity index (χ2v) is 5.45. The number of nitrogens with one attached hydrogen (secondary N) is 1. The number of benzene rings is 1. The van der Waals surface area contributed by atoms with Gasteiger partial charge in [0.1, 0.15) is 17.2 Å². The van der Waals surface area contributed by atoms with Crippen molar-refractivity contribution < 1.29 is 19.0 Å². The number of carbonyl (C=O) groups is 1. The number of hydrogen-bond acceptors (Lipinski definition) is 5. The third-order valence-corrected chi connectivity index (χ3v) is 3.72. The average molecular weight is 347 g/mol. The lowest BCUT2D eigenvalue weighted by atomic mass is 10.1. The number of rotatable bonds is 9. The summed E-state index contributed by atoms with van der Waals surface area (Å²) >= 11 is 0. The van der Waals surface area contributed by atoms with Crippen LogP contribution in [0.4, 0.5) is 0 Å². The molecule has 0 aliphatic carbocycles. The standard InChI is InChI=1S/C18H25N3O4/c1-5-9-21-16(18(22)19-8-10-23-2)12-15(20-21)14-7-6-13(24-3)11-17(14)25-4/h6-7,11-12H,5,8-10H2,1-4H3,(H,19,22). The normalized spacial score (nSPS) is 10.6. The van der Waals surface area contributed by atoms with Gasteiger partial charge < -0.3 is 19.5 Å². The number of aromatic nitrogens is 2. The second-order valence-electron chi connectivity index (χ2n) is 5.45. The van der Waals surface area contributed by atoms with E-state index in [1.807, 2.05) is 19.1 Å². The number of methoxy groups -OCH3 is 3. The predicted octanol–water partition coefficient (Wildman–Crippen LogP) is 2.35. The summed E-state index contributed by atoms with van der Waals surface area (Å²) in [6.45, 7) is 3.62. The maximum absolute atomic E-state index is 12.4. The Morgan fingerprint density at radius 2 is 2.00 bits per heavy atom. The van der Waals surface area contributed by atoms with Crippen molar-refractivity contribution in [3.63, 3.8) is 0 Å².